The molecule has 0 spiro atoms. The molecule has 1 heterocycles. The Kier molecular flexibility index (Phi) is 5.10. The van der Waals surface area contributed by atoms with E-state index in [4.69, 9.17) is 9.84 Å². The van der Waals surface area contributed by atoms with E-state index in [0.29, 0.717) is 0 Å². The number of nitrogens with one attached hydrogen (secondary N) is 1. The van der Waals surface area contributed by atoms with Gasteiger partial charge in [0.15, 0.2) is 0 Å². The fourth-order valence-corrected chi connectivity index (χ4v) is 1.38. The highest BCUT2D eigenvalue weighted by molar-refractivity contribution is 5.88. The van der Waals surface area contributed by atoms with Gasteiger partial charge in [0.05, 0.1) is 16.9 Å². The number of alkyl halides is 3. The summed E-state index contributed by atoms with van der Waals surface area (Å²) in [6.45, 7) is 3.17. The first-order chi connectivity index (χ1) is 9.50. The Bertz CT molecular complexity index is 518. The lowest BCUT2D eigenvalue weighted by Gasteiger charge is -2.26. The van der Waals surface area contributed by atoms with E-state index in [-0.39, 0.29) is 23.8 Å². The van der Waals surface area contributed by atoms with Gasteiger partial charge in [-0.1, -0.05) is 0 Å². The first kappa shape index (κ1) is 17.2. The van der Waals surface area contributed by atoms with Gasteiger partial charge in [-0.2, -0.15) is 13.2 Å². The van der Waals surface area contributed by atoms with Crippen molar-refractivity contribution in [2.45, 2.75) is 32.5 Å². The van der Waals surface area contributed by atoms with Crippen molar-refractivity contribution in [3.05, 3.63) is 17.5 Å². The van der Waals surface area contributed by atoms with E-state index in [0.717, 1.165) is 6.20 Å². The Morgan fingerprint density at radius 1 is 1.43 bits per heavy atom. The van der Waals surface area contributed by atoms with Crippen molar-refractivity contribution in [2.75, 3.05) is 18.5 Å². The SMILES string of the molecule is Cc1nc(NCC(C)(C)OCC(F)(F)F)ncc1C(=O)O. The minimum absolute atomic E-state index is 0.0341. The predicted molar refractivity (Wildman–Crippen MR) is 68.3 cm³/mol. The average Bonchev–Trinajstić information content (AvgIpc) is 2.33. The zero-order chi connectivity index (χ0) is 16.3. The molecular formula is C12H16F3N3O3. The second kappa shape index (κ2) is 6.25. The largest absolute Gasteiger partial charge is 0.478 e. The summed E-state index contributed by atoms with van der Waals surface area (Å²) in [4.78, 5) is 18.5. The van der Waals surface area contributed by atoms with E-state index in [1.54, 1.807) is 0 Å². The molecule has 0 aromatic carbocycles. The van der Waals surface area contributed by atoms with Crippen molar-refractivity contribution in [2.24, 2.45) is 0 Å². The molecule has 0 aliphatic carbocycles. The van der Waals surface area contributed by atoms with Crippen molar-refractivity contribution >= 4 is 11.9 Å². The number of hydrogen-bond acceptors (Lipinski definition) is 5. The van der Waals surface area contributed by atoms with E-state index >= 15 is 0 Å². The minimum atomic E-state index is -4.40. The molecule has 0 aliphatic heterocycles. The maximum atomic E-state index is 12.1. The number of halogens is 3. The van der Waals surface area contributed by atoms with Crippen LogP contribution in [-0.4, -0.2) is 46.0 Å². The third-order valence-corrected chi connectivity index (χ3v) is 2.51. The molecular weight excluding hydrogens is 291 g/mol. The molecule has 0 atom stereocenters. The highest BCUT2D eigenvalue weighted by Crippen LogP contribution is 2.19. The summed E-state index contributed by atoms with van der Waals surface area (Å²) in [6, 6.07) is 0. The number of aromatic nitrogens is 2. The summed E-state index contributed by atoms with van der Waals surface area (Å²) < 4.78 is 41.1. The molecule has 0 saturated carbocycles. The van der Waals surface area contributed by atoms with Crippen LogP contribution in [0.25, 0.3) is 0 Å². The zero-order valence-electron chi connectivity index (χ0n) is 11.8. The number of carboxylic acids is 1. The lowest BCUT2D eigenvalue weighted by atomic mass is 10.1. The molecule has 0 bridgehead atoms. The molecule has 0 unspecified atom stereocenters. The summed E-state index contributed by atoms with van der Waals surface area (Å²) in [5.74, 6) is -1.02. The topological polar surface area (TPSA) is 84.3 Å². The van der Waals surface area contributed by atoms with Crippen LogP contribution in [0.5, 0.6) is 0 Å². The van der Waals surface area contributed by atoms with Gasteiger partial charge in [-0.05, 0) is 20.8 Å². The molecule has 21 heavy (non-hydrogen) atoms. The second-order valence-corrected chi connectivity index (χ2v) is 5.01. The van der Waals surface area contributed by atoms with Gasteiger partial charge in [0.25, 0.3) is 0 Å². The lowest BCUT2D eigenvalue weighted by Crippen LogP contribution is -2.37. The number of rotatable bonds is 6. The monoisotopic (exact) mass is 307 g/mol. The molecule has 2 N–H and O–H groups in total. The molecule has 1 rings (SSSR count). The molecule has 1 aromatic rings. The predicted octanol–water partition coefficient (Wildman–Crippen LogP) is 2.25. The fraction of sp³-hybridized carbons (Fsp3) is 0.583. The molecule has 0 amide bonds. The Morgan fingerprint density at radius 3 is 2.52 bits per heavy atom. The number of aryl methyl sites for hydroxylation is 1. The molecule has 0 fully saturated rings. The van der Waals surface area contributed by atoms with Crippen LogP contribution in [0.15, 0.2) is 6.20 Å². The number of ether oxygens (including phenoxy) is 1. The summed E-state index contributed by atoms with van der Waals surface area (Å²) in [5, 5.41) is 11.6. The molecule has 0 radical (unpaired) electrons. The highest BCUT2D eigenvalue weighted by atomic mass is 19.4. The molecule has 9 heteroatoms. The normalized spacial score (nSPS) is 12.3. The first-order valence-electron chi connectivity index (χ1n) is 6.02. The van der Waals surface area contributed by atoms with Gasteiger partial charge in [0, 0.05) is 12.7 Å². The molecule has 6 nitrogen and oxygen atoms in total. The Labute approximate surface area is 119 Å². The average molecular weight is 307 g/mol. The van der Waals surface area contributed by atoms with Gasteiger partial charge in [0.1, 0.15) is 6.61 Å². The third-order valence-electron chi connectivity index (χ3n) is 2.51. The van der Waals surface area contributed by atoms with Crippen LogP contribution < -0.4 is 5.32 Å². The standard InChI is InChI=1S/C12H16F3N3O3/c1-7-8(9(19)20)4-16-10(18-7)17-5-11(2,3)21-6-12(13,14)15/h4H,5-6H2,1-3H3,(H,19,20)(H,16,17,18). The van der Waals surface area contributed by atoms with Crippen molar-refractivity contribution in [1.82, 2.24) is 9.97 Å². The van der Waals surface area contributed by atoms with Crippen LogP contribution in [0.3, 0.4) is 0 Å². The van der Waals surface area contributed by atoms with Crippen molar-refractivity contribution < 1.29 is 27.8 Å². The molecule has 0 aliphatic rings. The summed E-state index contributed by atoms with van der Waals surface area (Å²) in [6.07, 6.45) is -3.26. The van der Waals surface area contributed by atoms with E-state index in [1.165, 1.54) is 20.8 Å². The summed E-state index contributed by atoms with van der Waals surface area (Å²) >= 11 is 0. The molecule has 118 valence electrons. The smallest absolute Gasteiger partial charge is 0.411 e. The molecule has 1 aromatic heterocycles. The first-order valence-corrected chi connectivity index (χ1v) is 6.02. The van der Waals surface area contributed by atoms with Gasteiger partial charge < -0.3 is 15.2 Å². The summed E-state index contributed by atoms with van der Waals surface area (Å²) in [7, 11) is 0. The van der Waals surface area contributed by atoms with Gasteiger partial charge in [-0.3, -0.25) is 0 Å². The van der Waals surface area contributed by atoms with E-state index in [2.05, 4.69) is 15.3 Å². The van der Waals surface area contributed by atoms with Gasteiger partial charge >= 0.3 is 12.1 Å². The number of nitrogens with zero attached hydrogens (tertiary/aromatic N) is 2. The van der Waals surface area contributed by atoms with E-state index in [9.17, 15) is 18.0 Å². The van der Waals surface area contributed by atoms with Crippen LogP contribution in [0.1, 0.15) is 29.9 Å². The quantitative estimate of drug-likeness (QED) is 0.838. The van der Waals surface area contributed by atoms with Crippen LogP contribution in [0.4, 0.5) is 19.1 Å². The third kappa shape index (κ3) is 5.94. The van der Waals surface area contributed by atoms with E-state index in [1.807, 2.05) is 0 Å². The Morgan fingerprint density at radius 2 is 2.05 bits per heavy atom. The summed E-state index contributed by atoms with van der Waals surface area (Å²) in [5.41, 5.74) is -0.861. The van der Waals surface area contributed by atoms with Crippen molar-refractivity contribution in [1.29, 1.82) is 0 Å². The number of anilines is 1. The van der Waals surface area contributed by atoms with Crippen molar-refractivity contribution in [3.63, 3.8) is 0 Å². The van der Waals surface area contributed by atoms with Crippen molar-refractivity contribution in [3.8, 4) is 0 Å². The maximum Gasteiger partial charge on any atom is 0.411 e. The van der Waals surface area contributed by atoms with Crippen LogP contribution in [0.2, 0.25) is 0 Å². The number of carboxylic acid groups (broad SMARTS) is 1. The number of carbonyl (C=O) groups is 1. The van der Waals surface area contributed by atoms with Gasteiger partial charge in [-0.15, -0.1) is 0 Å². The minimum Gasteiger partial charge on any atom is -0.478 e. The maximum absolute atomic E-state index is 12.1. The Hall–Kier alpha value is -1.90. The van der Waals surface area contributed by atoms with E-state index < -0.39 is 24.4 Å². The highest BCUT2D eigenvalue weighted by Gasteiger charge is 2.31. The fourth-order valence-electron chi connectivity index (χ4n) is 1.38. The van der Waals surface area contributed by atoms with Crippen LogP contribution in [-0.2, 0) is 4.74 Å². The molecule has 0 saturated heterocycles. The van der Waals surface area contributed by atoms with Gasteiger partial charge in [-0.25, -0.2) is 14.8 Å². The lowest BCUT2D eigenvalue weighted by molar-refractivity contribution is -0.197. The number of aromatic carboxylic acids is 1. The zero-order valence-corrected chi connectivity index (χ0v) is 11.8. The van der Waals surface area contributed by atoms with Crippen LogP contribution in [0, 0.1) is 6.92 Å². The van der Waals surface area contributed by atoms with Crippen LogP contribution >= 0.6 is 0 Å². The van der Waals surface area contributed by atoms with Gasteiger partial charge in [0.2, 0.25) is 5.95 Å². The second-order valence-electron chi connectivity index (χ2n) is 5.01. The Balaban J connectivity index is 2.62. The number of hydrogen-bond donors (Lipinski definition) is 2.